The summed E-state index contributed by atoms with van der Waals surface area (Å²) in [7, 11) is 0. The van der Waals surface area contributed by atoms with Crippen LogP contribution in [0.1, 0.15) is 47.6 Å². The first-order valence-electron chi connectivity index (χ1n) is 6.46. The summed E-state index contributed by atoms with van der Waals surface area (Å²) >= 11 is 1.76. The predicted molar refractivity (Wildman–Crippen MR) is 77.4 cm³/mol. The Morgan fingerprint density at radius 2 is 2.00 bits per heavy atom. The van der Waals surface area contributed by atoms with Gasteiger partial charge in [0.15, 0.2) is 0 Å². The summed E-state index contributed by atoms with van der Waals surface area (Å²) in [4.78, 5) is 0. The van der Waals surface area contributed by atoms with Gasteiger partial charge in [0.1, 0.15) is 11.5 Å². The smallest absolute Gasteiger partial charge is 0.106 e. The first kappa shape index (κ1) is 13.4. The summed E-state index contributed by atoms with van der Waals surface area (Å²) in [5.74, 6) is 2.00. The maximum absolute atomic E-state index is 5.68. The zero-order valence-corrected chi connectivity index (χ0v) is 12.4. The molecule has 1 unspecified atom stereocenters. The molecule has 0 aliphatic heterocycles. The van der Waals surface area contributed by atoms with Gasteiger partial charge in [-0.15, -0.1) is 0 Å². The second-order valence-electron chi connectivity index (χ2n) is 4.77. The molecular weight excluding hydrogens is 242 g/mol. The minimum atomic E-state index is 0.258. The third kappa shape index (κ3) is 2.68. The molecule has 1 atom stereocenters. The average molecular weight is 263 g/mol. The van der Waals surface area contributed by atoms with Crippen LogP contribution in [0.4, 0.5) is 0 Å². The second-order valence-corrected chi connectivity index (χ2v) is 5.51. The summed E-state index contributed by atoms with van der Waals surface area (Å²) < 4.78 is 5.68. The highest BCUT2D eigenvalue weighted by atomic mass is 32.1. The van der Waals surface area contributed by atoms with Crippen LogP contribution in [0.5, 0.6) is 0 Å². The number of nitrogens with one attached hydrogen (secondary N) is 1. The van der Waals surface area contributed by atoms with Gasteiger partial charge in [-0.25, -0.2) is 0 Å². The van der Waals surface area contributed by atoms with Crippen LogP contribution in [0.3, 0.4) is 0 Å². The van der Waals surface area contributed by atoms with E-state index in [2.05, 4.69) is 36.0 Å². The lowest BCUT2D eigenvalue weighted by Gasteiger charge is -2.18. The van der Waals surface area contributed by atoms with E-state index >= 15 is 0 Å². The molecule has 0 spiro atoms. The van der Waals surface area contributed by atoms with Crippen molar-refractivity contribution in [3.63, 3.8) is 0 Å². The van der Waals surface area contributed by atoms with Crippen molar-refractivity contribution in [2.24, 2.45) is 0 Å². The lowest BCUT2D eigenvalue weighted by molar-refractivity contribution is 0.493. The van der Waals surface area contributed by atoms with Crippen LogP contribution in [0, 0.1) is 20.8 Å². The normalized spacial score (nSPS) is 12.9. The first-order valence-corrected chi connectivity index (χ1v) is 7.40. The summed E-state index contributed by atoms with van der Waals surface area (Å²) in [5.41, 5.74) is 3.99. The maximum Gasteiger partial charge on any atom is 0.106 e. The number of hydrogen-bond acceptors (Lipinski definition) is 3. The number of hydrogen-bond donors (Lipinski definition) is 1. The van der Waals surface area contributed by atoms with Gasteiger partial charge in [-0.05, 0) is 61.7 Å². The molecule has 2 aromatic heterocycles. The average Bonchev–Trinajstić information content (AvgIpc) is 2.87. The van der Waals surface area contributed by atoms with Crippen LogP contribution in [-0.2, 0) is 0 Å². The summed E-state index contributed by atoms with van der Waals surface area (Å²) in [6.07, 6.45) is 1.13. The zero-order valence-electron chi connectivity index (χ0n) is 11.5. The molecule has 0 saturated heterocycles. The van der Waals surface area contributed by atoms with E-state index in [0.717, 1.165) is 24.5 Å². The zero-order chi connectivity index (χ0) is 13.1. The van der Waals surface area contributed by atoms with E-state index in [1.165, 1.54) is 16.7 Å². The highest BCUT2D eigenvalue weighted by Gasteiger charge is 2.20. The van der Waals surface area contributed by atoms with E-state index in [4.69, 9.17) is 4.42 Å². The molecule has 2 heterocycles. The van der Waals surface area contributed by atoms with Crippen molar-refractivity contribution >= 4 is 11.3 Å². The molecule has 2 rings (SSSR count). The van der Waals surface area contributed by atoms with Crippen molar-refractivity contribution in [2.45, 2.75) is 40.2 Å². The third-order valence-corrected chi connectivity index (χ3v) is 4.07. The molecular formula is C15H21NOS. The number of rotatable bonds is 5. The second kappa shape index (κ2) is 5.72. The highest BCUT2D eigenvalue weighted by Crippen LogP contribution is 2.31. The van der Waals surface area contributed by atoms with Crippen LogP contribution in [0.25, 0.3) is 0 Å². The molecule has 98 valence electrons. The van der Waals surface area contributed by atoms with Gasteiger partial charge in [0, 0.05) is 5.56 Å². The van der Waals surface area contributed by atoms with Crippen molar-refractivity contribution in [2.75, 3.05) is 6.54 Å². The van der Waals surface area contributed by atoms with E-state index in [1.54, 1.807) is 11.3 Å². The first-order chi connectivity index (χ1) is 8.63. The molecule has 0 saturated carbocycles. The van der Waals surface area contributed by atoms with E-state index in [9.17, 15) is 0 Å². The molecule has 3 heteroatoms. The Kier molecular flexibility index (Phi) is 4.25. The molecule has 0 radical (unpaired) electrons. The quantitative estimate of drug-likeness (QED) is 0.867. The van der Waals surface area contributed by atoms with Crippen LogP contribution < -0.4 is 5.32 Å². The van der Waals surface area contributed by atoms with Gasteiger partial charge in [0.2, 0.25) is 0 Å². The molecule has 18 heavy (non-hydrogen) atoms. The Balaban J connectivity index is 2.37. The highest BCUT2D eigenvalue weighted by molar-refractivity contribution is 7.08. The van der Waals surface area contributed by atoms with E-state index in [1.807, 2.05) is 13.8 Å². The minimum Gasteiger partial charge on any atom is -0.466 e. The monoisotopic (exact) mass is 263 g/mol. The van der Waals surface area contributed by atoms with Gasteiger partial charge in [0.25, 0.3) is 0 Å². The van der Waals surface area contributed by atoms with E-state index in [0.29, 0.717) is 0 Å². The molecule has 0 aliphatic carbocycles. The maximum atomic E-state index is 5.68. The van der Waals surface area contributed by atoms with Gasteiger partial charge >= 0.3 is 0 Å². The van der Waals surface area contributed by atoms with Crippen molar-refractivity contribution in [1.82, 2.24) is 5.32 Å². The summed E-state index contributed by atoms with van der Waals surface area (Å²) in [6.45, 7) is 9.44. The molecule has 0 aromatic carbocycles. The summed E-state index contributed by atoms with van der Waals surface area (Å²) in [6, 6.07) is 2.41. The number of furan rings is 1. The fraction of sp³-hybridized carbons (Fsp3) is 0.467. The molecule has 0 aliphatic rings. The Morgan fingerprint density at radius 1 is 1.22 bits per heavy atom. The van der Waals surface area contributed by atoms with E-state index < -0.39 is 0 Å². The minimum absolute atomic E-state index is 0.258. The van der Waals surface area contributed by atoms with Crippen LogP contribution in [-0.4, -0.2) is 6.54 Å². The van der Waals surface area contributed by atoms with Crippen molar-refractivity contribution in [3.05, 3.63) is 45.0 Å². The molecule has 0 amide bonds. The van der Waals surface area contributed by atoms with Gasteiger partial charge in [-0.2, -0.15) is 11.3 Å². The fourth-order valence-corrected chi connectivity index (χ4v) is 3.16. The molecule has 0 fully saturated rings. The van der Waals surface area contributed by atoms with Crippen LogP contribution in [0.2, 0.25) is 0 Å². The molecule has 2 nitrogen and oxygen atoms in total. The number of thiophene rings is 1. The lowest BCUT2D eigenvalue weighted by Crippen LogP contribution is -2.23. The van der Waals surface area contributed by atoms with E-state index in [-0.39, 0.29) is 6.04 Å². The van der Waals surface area contributed by atoms with Gasteiger partial charge in [-0.1, -0.05) is 6.92 Å². The SMILES string of the molecule is CCCNC(c1cscc1C)c1cc(C)oc1C. The van der Waals surface area contributed by atoms with Gasteiger partial charge < -0.3 is 9.73 Å². The van der Waals surface area contributed by atoms with Crippen LogP contribution in [0.15, 0.2) is 21.2 Å². The standard InChI is InChI=1S/C15H21NOS/c1-5-6-16-15(14-9-18-8-10(14)2)13-7-11(3)17-12(13)4/h7-9,15-16H,5-6H2,1-4H3. The topological polar surface area (TPSA) is 25.2 Å². The van der Waals surface area contributed by atoms with Gasteiger partial charge in [0.05, 0.1) is 6.04 Å². The van der Waals surface area contributed by atoms with Crippen molar-refractivity contribution in [1.29, 1.82) is 0 Å². The van der Waals surface area contributed by atoms with Crippen molar-refractivity contribution in [3.8, 4) is 0 Å². The Bertz CT molecular complexity index is 512. The Morgan fingerprint density at radius 3 is 2.50 bits per heavy atom. The van der Waals surface area contributed by atoms with Crippen molar-refractivity contribution < 1.29 is 4.42 Å². The van der Waals surface area contributed by atoms with Gasteiger partial charge in [-0.3, -0.25) is 0 Å². The third-order valence-electron chi connectivity index (χ3n) is 3.20. The summed E-state index contributed by atoms with van der Waals surface area (Å²) in [5, 5.41) is 8.08. The largest absolute Gasteiger partial charge is 0.466 e. The Hall–Kier alpha value is -1.06. The number of aryl methyl sites for hydroxylation is 3. The molecule has 2 aromatic rings. The lowest BCUT2D eigenvalue weighted by atomic mass is 9.98. The fourth-order valence-electron chi connectivity index (χ4n) is 2.28. The molecule has 1 N–H and O–H groups in total. The Labute approximate surface area is 113 Å². The molecule has 0 bridgehead atoms. The predicted octanol–water partition coefficient (Wildman–Crippen LogP) is 4.36. The van der Waals surface area contributed by atoms with Crippen LogP contribution >= 0.6 is 11.3 Å².